The lowest BCUT2D eigenvalue weighted by molar-refractivity contribution is -0.131. The number of amides is 1. The third-order valence-electron chi connectivity index (χ3n) is 4.78. The summed E-state index contributed by atoms with van der Waals surface area (Å²) in [5, 5.41) is 2.95. The maximum Gasteiger partial charge on any atom is 0.253 e. The molecule has 4 rings (SSSR count). The number of benzene rings is 2. The summed E-state index contributed by atoms with van der Waals surface area (Å²) in [6, 6.07) is 15.5. The van der Waals surface area contributed by atoms with Crippen LogP contribution in [0.5, 0.6) is 5.75 Å². The van der Waals surface area contributed by atoms with Crippen LogP contribution in [-0.2, 0) is 16.0 Å². The van der Waals surface area contributed by atoms with E-state index in [1.807, 2.05) is 48.5 Å². The summed E-state index contributed by atoms with van der Waals surface area (Å²) in [6.07, 6.45) is 5.01. The van der Waals surface area contributed by atoms with E-state index in [2.05, 4.69) is 15.3 Å². The Morgan fingerprint density at radius 3 is 2.71 bits per heavy atom. The molecule has 0 aliphatic carbocycles. The molecular formula is C22H21N3O3. The summed E-state index contributed by atoms with van der Waals surface area (Å²) in [6.45, 7) is 0.408. The van der Waals surface area contributed by atoms with Crippen LogP contribution in [-0.4, -0.2) is 35.6 Å². The number of aromatic nitrogens is 2. The lowest BCUT2D eigenvalue weighted by Gasteiger charge is -2.18. The Morgan fingerprint density at radius 1 is 1.18 bits per heavy atom. The third kappa shape index (κ3) is 3.73. The van der Waals surface area contributed by atoms with Crippen LogP contribution in [0, 0.1) is 0 Å². The van der Waals surface area contributed by atoms with E-state index < -0.39 is 6.10 Å². The van der Waals surface area contributed by atoms with Crippen LogP contribution in [0.3, 0.4) is 0 Å². The molecule has 2 heterocycles. The van der Waals surface area contributed by atoms with Gasteiger partial charge in [0.15, 0.2) is 6.10 Å². The van der Waals surface area contributed by atoms with E-state index >= 15 is 0 Å². The van der Waals surface area contributed by atoms with Crippen molar-refractivity contribution < 1.29 is 14.3 Å². The van der Waals surface area contributed by atoms with Crippen LogP contribution in [0.15, 0.2) is 67.3 Å². The molecule has 142 valence electrons. The molecule has 2 atom stereocenters. The number of rotatable bonds is 6. The molecule has 0 bridgehead atoms. The van der Waals surface area contributed by atoms with Gasteiger partial charge in [-0.3, -0.25) is 4.79 Å². The van der Waals surface area contributed by atoms with Gasteiger partial charge in [0.05, 0.1) is 6.54 Å². The van der Waals surface area contributed by atoms with E-state index in [0.29, 0.717) is 6.54 Å². The second kappa shape index (κ2) is 8.19. The Bertz CT molecular complexity index is 948. The summed E-state index contributed by atoms with van der Waals surface area (Å²) in [4.78, 5) is 20.8. The lowest BCUT2D eigenvalue weighted by atomic mass is 10.0. The van der Waals surface area contributed by atoms with Gasteiger partial charge < -0.3 is 14.8 Å². The Morgan fingerprint density at radius 2 is 1.96 bits per heavy atom. The summed E-state index contributed by atoms with van der Waals surface area (Å²) in [7, 11) is 1.54. The van der Waals surface area contributed by atoms with Gasteiger partial charge >= 0.3 is 0 Å². The van der Waals surface area contributed by atoms with Gasteiger partial charge in [0, 0.05) is 37.1 Å². The molecule has 1 aromatic heterocycles. The predicted molar refractivity (Wildman–Crippen MR) is 105 cm³/mol. The number of fused-ring (bicyclic) bond motifs is 1. The van der Waals surface area contributed by atoms with Gasteiger partial charge in [-0.15, -0.1) is 0 Å². The van der Waals surface area contributed by atoms with Crippen LogP contribution in [0.25, 0.3) is 11.1 Å². The fourth-order valence-corrected chi connectivity index (χ4v) is 3.45. The molecule has 6 heteroatoms. The molecule has 1 aliphatic rings. The quantitative estimate of drug-likeness (QED) is 0.717. The van der Waals surface area contributed by atoms with E-state index in [0.717, 1.165) is 34.4 Å². The zero-order chi connectivity index (χ0) is 19.3. The molecule has 3 aromatic rings. The molecular weight excluding hydrogens is 354 g/mol. The first kappa shape index (κ1) is 18.1. The highest BCUT2D eigenvalue weighted by atomic mass is 16.5. The Hall–Kier alpha value is -3.25. The predicted octanol–water partition coefficient (Wildman–Crippen LogP) is 2.95. The molecule has 0 saturated carbocycles. The second-order valence-electron chi connectivity index (χ2n) is 6.64. The number of carbonyl (C=O) groups is 1. The number of methoxy groups -OCH3 is 1. The van der Waals surface area contributed by atoms with Crippen LogP contribution in [0.4, 0.5) is 0 Å². The van der Waals surface area contributed by atoms with E-state index in [-0.39, 0.29) is 12.0 Å². The lowest BCUT2D eigenvalue weighted by Crippen LogP contribution is -2.37. The normalized spacial score (nSPS) is 16.1. The first-order valence-corrected chi connectivity index (χ1v) is 9.15. The molecule has 0 fully saturated rings. The molecule has 2 aromatic carbocycles. The molecule has 1 N–H and O–H groups in total. The van der Waals surface area contributed by atoms with Gasteiger partial charge in [-0.05, 0) is 11.1 Å². The molecule has 0 radical (unpaired) electrons. The summed E-state index contributed by atoms with van der Waals surface area (Å²) in [5.41, 5.74) is 3.81. The summed E-state index contributed by atoms with van der Waals surface area (Å²) in [5.74, 6) is 0.660. The van der Waals surface area contributed by atoms with E-state index in [4.69, 9.17) is 9.47 Å². The minimum absolute atomic E-state index is 0.127. The Kier molecular flexibility index (Phi) is 5.30. The minimum Gasteiger partial charge on any atom is -0.487 e. The van der Waals surface area contributed by atoms with Gasteiger partial charge in [0.2, 0.25) is 0 Å². The molecule has 1 amide bonds. The average Bonchev–Trinajstić information content (AvgIpc) is 3.17. The fourth-order valence-electron chi connectivity index (χ4n) is 3.45. The number of carbonyl (C=O) groups excluding carboxylic acids is 1. The highest BCUT2D eigenvalue weighted by molar-refractivity contribution is 5.82. The molecule has 6 nitrogen and oxygen atoms in total. The number of hydrogen-bond acceptors (Lipinski definition) is 5. The standard InChI is InChI=1S/C22H21N3O3/c1-27-21(15-6-3-2-4-7-15)22(26)25-13-18-10-16-8-5-9-19(20(16)28-18)17-11-23-14-24-12-17/h2-9,11-12,14,18,21H,10,13H2,1H3,(H,25,26)/t18-,21+/m1/s1. The van der Waals surface area contributed by atoms with Gasteiger partial charge in [-0.25, -0.2) is 9.97 Å². The van der Waals surface area contributed by atoms with Crippen molar-refractivity contribution in [1.29, 1.82) is 0 Å². The highest BCUT2D eigenvalue weighted by Crippen LogP contribution is 2.38. The molecule has 1 aliphatic heterocycles. The zero-order valence-corrected chi connectivity index (χ0v) is 15.5. The van der Waals surface area contributed by atoms with Gasteiger partial charge in [0.1, 0.15) is 18.2 Å². The zero-order valence-electron chi connectivity index (χ0n) is 15.5. The van der Waals surface area contributed by atoms with Crippen LogP contribution in [0.1, 0.15) is 17.2 Å². The first-order valence-electron chi connectivity index (χ1n) is 9.15. The fraction of sp³-hybridized carbons (Fsp3) is 0.227. The highest BCUT2D eigenvalue weighted by Gasteiger charge is 2.27. The van der Waals surface area contributed by atoms with Gasteiger partial charge in [-0.2, -0.15) is 0 Å². The van der Waals surface area contributed by atoms with Crippen LogP contribution < -0.4 is 10.1 Å². The Balaban J connectivity index is 1.42. The molecule has 0 saturated heterocycles. The van der Waals surface area contributed by atoms with Crippen molar-refractivity contribution in [3.8, 4) is 16.9 Å². The molecule has 0 unspecified atom stereocenters. The monoisotopic (exact) mass is 375 g/mol. The molecule has 0 spiro atoms. The molecule has 28 heavy (non-hydrogen) atoms. The number of hydrogen-bond donors (Lipinski definition) is 1. The Labute approximate surface area is 163 Å². The smallest absolute Gasteiger partial charge is 0.253 e. The van der Waals surface area contributed by atoms with E-state index in [9.17, 15) is 4.79 Å². The minimum atomic E-state index is -0.637. The summed E-state index contributed by atoms with van der Waals surface area (Å²) >= 11 is 0. The number of para-hydroxylation sites is 1. The van der Waals surface area contributed by atoms with Crippen molar-refractivity contribution in [2.75, 3.05) is 13.7 Å². The largest absolute Gasteiger partial charge is 0.487 e. The van der Waals surface area contributed by atoms with Crippen molar-refractivity contribution >= 4 is 5.91 Å². The van der Waals surface area contributed by atoms with E-state index in [1.165, 1.54) is 13.4 Å². The van der Waals surface area contributed by atoms with Crippen molar-refractivity contribution in [3.05, 3.63) is 78.4 Å². The number of nitrogens with zero attached hydrogens (tertiary/aromatic N) is 2. The first-order chi connectivity index (χ1) is 13.8. The maximum atomic E-state index is 12.6. The van der Waals surface area contributed by atoms with Crippen molar-refractivity contribution in [2.45, 2.75) is 18.6 Å². The maximum absolute atomic E-state index is 12.6. The number of nitrogens with one attached hydrogen (secondary N) is 1. The van der Waals surface area contributed by atoms with Crippen LogP contribution >= 0.6 is 0 Å². The van der Waals surface area contributed by atoms with Gasteiger partial charge in [0.25, 0.3) is 5.91 Å². The van der Waals surface area contributed by atoms with Crippen molar-refractivity contribution in [2.24, 2.45) is 0 Å². The summed E-state index contributed by atoms with van der Waals surface area (Å²) < 4.78 is 11.5. The topological polar surface area (TPSA) is 73.3 Å². The van der Waals surface area contributed by atoms with Crippen molar-refractivity contribution in [1.82, 2.24) is 15.3 Å². The van der Waals surface area contributed by atoms with Crippen LogP contribution in [0.2, 0.25) is 0 Å². The average molecular weight is 375 g/mol. The number of ether oxygens (including phenoxy) is 2. The van der Waals surface area contributed by atoms with E-state index in [1.54, 1.807) is 12.4 Å². The second-order valence-corrected chi connectivity index (χ2v) is 6.64. The van der Waals surface area contributed by atoms with Gasteiger partial charge in [-0.1, -0.05) is 48.5 Å². The SMILES string of the molecule is CO[C@H](C(=O)NC[C@H]1Cc2cccc(-c3cncnc3)c2O1)c1ccccc1. The van der Waals surface area contributed by atoms with Crippen molar-refractivity contribution in [3.63, 3.8) is 0 Å². The third-order valence-corrected chi connectivity index (χ3v) is 4.78.